The number of hydrogen-bond donors (Lipinski definition) is 0. The fourth-order valence-electron chi connectivity index (χ4n) is 1.77. The third-order valence-electron chi connectivity index (χ3n) is 2.59. The van der Waals surface area contributed by atoms with E-state index in [0.717, 1.165) is 22.7 Å². The second-order valence-corrected chi connectivity index (χ2v) is 4.85. The van der Waals surface area contributed by atoms with Crippen molar-refractivity contribution in [3.05, 3.63) is 36.4 Å². The van der Waals surface area contributed by atoms with Crippen molar-refractivity contribution in [2.24, 2.45) is 0 Å². The lowest BCUT2D eigenvalue weighted by Crippen LogP contribution is -2.31. The molecule has 0 unspecified atom stereocenters. The molecule has 0 saturated carbocycles. The first kappa shape index (κ1) is 13.7. The number of nitriles is 1. The van der Waals surface area contributed by atoms with Crippen LogP contribution in [0.3, 0.4) is 0 Å². The maximum absolute atomic E-state index is 9.31. The first-order chi connectivity index (χ1) is 8.15. The SMILES string of the molecule is C=CCN(c1cccc(SC)c1C#N)C(C)C. The second-order valence-electron chi connectivity index (χ2n) is 4.00. The summed E-state index contributed by atoms with van der Waals surface area (Å²) in [5.41, 5.74) is 1.75. The number of rotatable bonds is 5. The Balaban J connectivity index is 3.28. The molecule has 0 bridgehead atoms. The van der Waals surface area contributed by atoms with Crippen LogP contribution in [0, 0.1) is 11.3 Å². The van der Waals surface area contributed by atoms with Crippen molar-refractivity contribution >= 4 is 17.4 Å². The molecule has 0 aromatic heterocycles. The van der Waals surface area contributed by atoms with Gasteiger partial charge in [0.2, 0.25) is 0 Å². The lowest BCUT2D eigenvalue weighted by molar-refractivity contribution is 0.721. The molecule has 0 N–H and O–H groups in total. The molecule has 1 rings (SSSR count). The number of hydrogen-bond acceptors (Lipinski definition) is 3. The number of nitrogens with zero attached hydrogens (tertiary/aromatic N) is 2. The van der Waals surface area contributed by atoms with Gasteiger partial charge in [0.1, 0.15) is 6.07 Å². The quantitative estimate of drug-likeness (QED) is 0.586. The van der Waals surface area contributed by atoms with E-state index in [-0.39, 0.29) is 0 Å². The molecule has 1 aromatic carbocycles. The van der Waals surface area contributed by atoms with E-state index in [1.165, 1.54) is 0 Å². The Morgan fingerprint density at radius 3 is 2.71 bits per heavy atom. The van der Waals surface area contributed by atoms with Crippen molar-refractivity contribution in [2.45, 2.75) is 24.8 Å². The van der Waals surface area contributed by atoms with Gasteiger partial charge in [-0.15, -0.1) is 18.3 Å². The number of thioether (sulfide) groups is 1. The maximum Gasteiger partial charge on any atom is 0.103 e. The van der Waals surface area contributed by atoms with Crippen LogP contribution in [0.1, 0.15) is 19.4 Å². The van der Waals surface area contributed by atoms with Gasteiger partial charge < -0.3 is 4.90 Å². The van der Waals surface area contributed by atoms with Gasteiger partial charge in [-0.2, -0.15) is 5.26 Å². The Hall–Kier alpha value is -1.40. The standard InChI is InChI=1S/C14H18N2S/c1-5-9-16(11(2)3)13-7-6-8-14(17-4)12(13)10-15/h5-8,11H,1,9H2,2-4H3. The van der Waals surface area contributed by atoms with Crippen LogP contribution in [0.2, 0.25) is 0 Å². The first-order valence-corrected chi connectivity index (χ1v) is 6.82. The molecule has 0 radical (unpaired) electrons. The largest absolute Gasteiger partial charge is 0.364 e. The summed E-state index contributed by atoms with van der Waals surface area (Å²) < 4.78 is 0. The summed E-state index contributed by atoms with van der Waals surface area (Å²) in [6.07, 6.45) is 3.86. The average Bonchev–Trinajstić information content (AvgIpc) is 2.34. The Morgan fingerprint density at radius 1 is 1.53 bits per heavy atom. The molecular formula is C14H18N2S. The van der Waals surface area contributed by atoms with E-state index in [2.05, 4.69) is 31.4 Å². The fraction of sp³-hybridized carbons (Fsp3) is 0.357. The van der Waals surface area contributed by atoms with Crippen molar-refractivity contribution in [1.82, 2.24) is 0 Å². The summed E-state index contributed by atoms with van der Waals surface area (Å²) in [7, 11) is 0. The predicted octanol–water partition coefficient (Wildman–Crippen LogP) is 3.68. The van der Waals surface area contributed by atoms with Crippen LogP contribution in [0.4, 0.5) is 5.69 Å². The Morgan fingerprint density at radius 2 is 2.24 bits per heavy atom. The minimum absolute atomic E-state index is 0.345. The molecule has 0 fully saturated rings. The monoisotopic (exact) mass is 246 g/mol. The first-order valence-electron chi connectivity index (χ1n) is 5.60. The molecule has 0 saturated heterocycles. The minimum Gasteiger partial charge on any atom is -0.364 e. The molecule has 0 heterocycles. The van der Waals surface area contributed by atoms with E-state index in [4.69, 9.17) is 0 Å². The number of benzene rings is 1. The lowest BCUT2D eigenvalue weighted by Gasteiger charge is -2.29. The van der Waals surface area contributed by atoms with E-state index in [9.17, 15) is 5.26 Å². The Labute approximate surface area is 108 Å². The number of anilines is 1. The third kappa shape index (κ3) is 3.04. The molecule has 0 aliphatic rings. The van der Waals surface area contributed by atoms with Gasteiger partial charge in [0, 0.05) is 17.5 Å². The summed E-state index contributed by atoms with van der Waals surface area (Å²) in [6, 6.07) is 8.64. The van der Waals surface area contributed by atoms with Crippen LogP contribution in [0.15, 0.2) is 35.7 Å². The van der Waals surface area contributed by atoms with E-state index < -0.39 is 0 Å². The predicted molar refractivity (Wildman–Crippen MR) is 75.6 cm³/mol. The van der Waals surface area contributed by atoms with Crippen LogP contribution >= 0.6 is 11.8 Å². The maximum atomic E-state index is 9.31. The van der Waals surface area contributed by atoms with Gasteiger partial charge in [-0.3, -0.25) is 0 Å². The topological polar surface area (TPSA) is 27.0 Å². The van der Waals surface area contributed by atoms with Crippen LogP contribution in [0.5, 0.6) is 0 Å². The molecule has 3 heteroatoms. The zero-order valence-electron chi connectivity index (χ0n) is 10.6. The molecule has 90 valence electrons. The van der Waals surface area contributed by atoms with Crippen molar-refractivity contribution in [3.63, 3.8) is 0 Å². The van der Waals surface area contributed by atoms with Gasteiger partial charge in [-0.05, 0) is 32.2 Å². The van der Waals surface area contributed by atoms with E-state index >= 15 is 0 Å². The minimum atomic E-state index is 0.345. The molecule has 0 amide bonds. The molecule has 0 aliphatic carbocycles. The molecule has 0 aliphatic heterocycles. The molecule has 0 atom stereocenters. The van der Waals surface area contributed by atoms with Gasteiger partial charge in [-0.1, -0.05) is 12.1 Å². The van der Waals surface area contributed by atoms with Crippen molar-refractivity contribution in [2.75, 3.05) is 17.7 Å². The molecule has 17 heavy (non-hydrogen) atoms. The Bertz CT molecular complexity index is 432. The summed E-state index contributed by atoms with van der Waals surface area (Å²) in [5, 5.41) is 9.31. The highest BCUT2D eigenvalue weighted by Gasteiger charge is 2.15. The fourth-order valence-corrected chi connectivity index (χ4v) is 2.34. The summed E-state index contributed by atoms with van der Waals surface area (Å²) in [5.74, 6) is 0. The highest BCUT2D eigenvalue weighted by atomic mass is 32.2. The zero-order valence-corrected chi connectivity index (χ0v) is 11.4. The van der Waals surface area contributed by atoms with Gasteiger partial charge >= 0.3 is 0 Å². The highest BCUT2D eigenvalue weighted by Crippen LogP contribution is 2.29. The van der Waals surface area contributed by atoms with Gasteiger partial charge in [0.15, 0.2) is 0 Å². The van der Waals surface area contributed by atoms with Crippen LogP contribution in [0.25, 0.3) is 0 Å². The molecule has 2 nitrogen and oxygen atoms in total. The van der Waals surface area contributed by atoms with Gasteiger partial charge in [0.25, 0.3) is 0 Å². The zero-order chi connectivity index (χ0) is 12.8. The molecule has 0 spiro atoms. The highest BCUT2D eigenvalue weighted by molar-refractivity contribution is 7.98. The Kier molecular flexibility index (Phi) is 5.11. The van der Waals surface area contributed by atoms with E-state index in [0.29, 0.717) is 6.04 Å². The lowest BCUT2D eigenvalue weighted by atomic mass is 10.1. The van der Waals surface area contributed by atoms with Gasteiger partial charge in [-0.25, -0.2) is 0 Å². The van der Waals surface area contributed by atoms with Crippen LogP contribution < -0.4 is 4.90 Å². The summed E-state index contributed by atoms with van der Waals surface area (Å²) in [4.78, 5) is 3.21. The molecule has 1 aromatic rings. The summed E-state index contributed by atoms with van der Waals surface area (Å²) in [6.45, 7) is 8.77. The second kappa shape index (κ2) is 6.36. The van der Waals surface area contributed by atoms with Crippen molar-refractivity contribution in [1.29, 1.82) is 5.26 Å². The van der Waals surface area contributed by atoms with Gasteiger partial charge in [0.05, 0.1) is 11.3 Å². The average molecular weight is 246 g/mol. The summed E-state index contributed by atoms with van der Waals surface area (Å²) >= 11 is 1.61. The van der Waals surface area contributed by atoms with E-state index in [1.54, 1.807) is 11.8 Å². The van der Waals surface area contributed by atoms with Crippen molar-refractivity contribution < 1.29 is 0 Å². The van der Waals surface area contributed by atoms with E-state index in [1.807, 2.05) is 30.5 Å². The third-order valence-corrected chi connectivity index (χ3v) is 3.37. The molecular weight excluding hydrogens is 228 g/mol. The van der Waals surface area contributed by atoms with Crippen molar-refractivity contribution in [3.8, 4) is 6.07 Å². The van der Waals surface area contributed by atoms with Crippen LogP contribution in [-0.4, -0.2) is 18.8 Å². The smallest absolute Gasteiger partial charge is 0.103 e. The normalized spacial score (nSPS) is 10.1. The van der Waals surface area contributed by atoms with Crippen LogP contribution in [-0.2, 0) is 0 Å².